The zero-order chi connectivity index (χ0) is 21.7. The fourth-order valence-corrected chi connectivity index (χ4v) is 4.52. The lowest BCUT2D eigenvalue weighted by molar-refractivity contribution is 0.0857. The van der Waals surface area contributed by atoms with Crippen LogP contribution in [0.25, 0.3) is 0 Å². The van der Waals surface area contributed by atoms with Crippen molar-refractivity contribution in [1.82, 2.24) is 9.62 Å². The number of sulfonamides is 1. The van der Waals surface area contributed by atoms with Crippen LogP contribution in [-0.2, 0) is 21.3 Å². The molecule has 0 radical (unpaired) electrons. The number of methoxy groups -OCH3 is 1. The molecular formula is C22H28N2O5S. The van der Waals surface area contributed by atoms with Gasteiger partial charge in [-0.1, -0.05) is 17.7 Å². The Balaban J connectivity index is 1.75. The highest BCUT2D eigenvalue weighted by Crippen LogP contribution is 2.24. The van der Waals surface area contributed by atoms with Crippen LogP contribution in [0.15, 0.2) is 47.4 Å². The van der Waals surface area contributed by atoms with E-state index in [-0.39, 0.29) is 23.5 Å². The Morgan fingerprint density at radius 2 is 1.97 bits per heavy atom. The maximum absolute atomic E-state index is 12.9. The molecule has 2 aromatic carbocycles. The predicted octanol–water partition coefficient (Wildman–Crippen LogP) is 2.73. The van der Waals surface area contributed by atoms with Crippen molar-refractivity contribution in [1.29, 1.82) is 0 Å². The molecule has 0 saturated carbocycles. The third kappa shape index (κ3) is 5.19. The molecule has 0 aliphatic carbocycles. The van der Waals surface area contributed by atoms with Gasteiger partial charge in [0.15, 0.2) is 0 Å². The number of carbonyl (C=O) groups is 1. The Kier molecular flexibility index (Phi) is 7.12. The summed E-state index contributed by atoms with van der Waals surface area (Å²) >= 11 is 0. The summed E-state index contributed by atoms with van der Waals surface area (Å²) < 4.78 is 38.0. The van der Waals surface area contributed by atoms with Crippen LogP contribution in [0.2, 0.25) is 0 Å². The average Bonchev–Trinajstić information content (AvgIpc) is 3.26. The largest absolute Gasteiger partial charge is 0.496 e. The first-order chi connectivity index (χ1) is 14.3. The minimum atomic E-state index is -3.67. The molecule has 1 heterocycles. The Bertz CT molecular complexity index is 983. The van der Waals surface area contributed by atoms with Crippen LogP contribution in [-0.4, -0.2) is 52.0 Å². The molecule has 0 bridgehead atoms. The van der Waals surface area contributed by atoms with E-state index in [9.17, 15) is 13.2 Å². The van der Waals surface area contributed by atoms with Gasteiger partial charge in [-0.15, -0.1) is 0 Å². The van der Waals surface area contributed by atoms with Gasteiger partial charge in [-0.25, -0.2) is 8.42 Å². The maximum atomic E-state index is 12.9. The molecule has 1 saturated heterocycles. The zero-order valence-electron chi connectivity index (χ0n) is 17.6. The number of aryl methyl sites for hydroxylation is 1. The molecule has 1 aliphatic rings. The van der Waals surface area contributed by atoms with Gasteiger partial charge in [0.1, 0.15) is 5.75 Å². The number of amides is 1. The molecule has 1 unspecified atom stereocenters. The zero-order valence-corrected chi connectivity index (χ0v) is 18.4. The predicted molar refractivity (Wildman–Crippen MR) is 114 cm³/mol. The quantitative estimate of drug-likeness (QED) is 0.693. The lowest BCUT2D eigenvalue weighted by Crippen LogP contribution is -2.32. The molecule has 3 rings (SSSR count). The van der Waals surface area contributed by atoms with Crippen LogP contribution in [0.5, 0.6) is 5.75 Å². The van der Waals surface area contributed by atoms with Gasteiger partial charge in [0.05, 0.1) is 18.1 Å². The molecule has 1 amide bonds. The Morgan fingerprint density at radius 1 is 1.23 bits per heavy atom. The van der Waals surface area contributed by atoms with Gasteiger partial charge in [-0.05, 0) is 50.1 Å². The average molecular weight is 433 g/mol. The first-order valence-electron chi connectivity index (χ1n) is 9.91. The van der Waals surface area contributed by atoms with E-state index in [1.54, 1.807) is 42.5 Å². The molecule has 0 aromatic heterocycles. The normalized spacial score (nSPS) is 16.6. The summed E-state index contributed by atoms with van der Waals surface area (Å²) in [7, 11) is -0.642. The maximum Gasteiger partial charge on any atom is 0.251 e. The van der Waals surface area contributed by atoms with Gasteiger partial charge in [0, 0.05) is 37.9 Å². The van der Waals surface area contributed by atoms with E-state index in [0.29, 0.717) is 23.4 Å². The molecule has 1 fully saturated rings. The Hall–Kier alpha value is -2.42. The number of benzene rings is 2. The van der Waals surface area contributed by atoms with E-state index in [4.69, 9.17) is 9.47 Å². The van der Waals surface area contributed by atoms with Crippen LogP contribution in [0.1, 0.15) is 34.3 Å². The van der Waals surface area contributed by atoms with Crippen LogP contribution in [0.4, 0.5) is 0 Å². The molecular weight excluding hydrogens is 404 g/mol. The highest BCUT2D eigenvalue weighted by Gasteiger charge is 2.23. The first kappa shape index (κ1) is 22.3. The van der Waals surface area contributed by atoms with Gasteiger partial charge in [-0.2, -0.15) is 4.31 Å². The molecule has 0 spiro atoms. The number of nitrogens with zero attached hydrogens (tertiary/aromatic N) is 1. The molecule has 1 atom stereocenters. The molecule has 30 heavy (non-hydrogen) atoms. The third-order valence-corrected chi connectivity index (χ3v) is 7.00. The summed E-state index contributed by atoms with van der Waals surface area (Å²) in [6, 6.07) is 11.7. The van der Waals surface area contributed by atoms with Crippen LogP contribution in [0.3, 0.4) is 0 Å². The SMILES string of the molecule is COc1ccc(C(=O)NCC2CCCO2)cc1CN(C)S(=O)(=O)c1ccc(C)cc1. The fourth-order valence-electron chi connectivity index (χ4n) is 3.37. The fraction of sp³-hybridized carbons (Fsp3) is 0.409. The van der Waals surface area contributed by atoms with Crippen molar-refractivity contribution in [2.45, 2.75) is 37.3 Å². The molecule has 162 valence electrons. The van der Waals surface area contributed by atoms with Crippen LogP contribution >= 0.6 is 0 Å². The van der Waals surface area contributed by atoms with Crippen molar-refractivity contribution in [2.75, 3.05) is 27.3 Å². The Morgan fingerprint density at radius 3 is 2.60 bits per heavy atom. The van der Waals surface area contributed by atoms with E-state index >= 15 is 0 Å². The number of hydrogen-bond acceptors (Lipinski definition) is 5. The number of nitrogens with one attached hydrogen (secondary N) is 1. The van der Waals surface area contributed by atoms with Crippen molar-refractivity contribution in [3.8, 4) is 5.75 Å². The van der Waals surface area contributed by atoms with Crippen molar-refractivity contribution in [3.63, 3.8) is 0 Å². The number of ether oxygens (including phenoxy) is 2. The highest BCUT2D eigenvalue weighted by atomic mass is 32.2. The molecule has 1 N–H and O–H groups in total. The first-order valence-corrected chi connectivity index (χ1v) is 11.3. The van der Waals surface area contributed by atoms with Gasteiger partial charge < -0.3 is 14.8 Å². The lowest BCUT2D eigenvalue weighted by Gasteiger charge is -2.19. The Labute approximate surface area is 178 Å². The summed E-state index contributed by atoms with van der Waals surface area (Å²) in [5, 5.41) is 2.88. The number of rotatable bonds is 8. The van der Waals surface area contributed by atoms with Gasteiger partial charge in [0.2, 0.25) is 10.0 Å². The van der Waals surface area contributed by atoms with E-state index in [0.717, 1.165) is 25.0 Å². The topological polar surface area (TPSA) is 84.9 Å². The smallest absolute Gasteiger partial charge is 0.251 e. The highest BCUT2D eigenvalue weighted by molar-refractivity contribution is 7.89. The third-order valence-electron chi connectivity index (χ3n) is 5.18. The van der Waals surface area contributed by atoms with Crippen molar-refractivity contribution >= 4 is 15.9 Å². The van der Waals surface area contributed by atoms with E-state index in [1.807, 2.05) is 6.92 Å². The van der Waals surface area contributed by atoms with Gasteiger partial charge >= 0.3 is 0 Å². The van der Waals surface area contributed by atoms with Crippen molar-refractivity contribution < 1.29 is 22.7 Å². The summed E-state index contributed by atoms with van der Waals surface area (Å²) in [5.74, 6) is 0.301. The minimum absolute atomic E-state index is 0.0532. The second kappa shape index (κ2) is 9.59. The minimum Gasteiger partial charge on any atom is -0.496 e. The van der Waals surface area contributed by atoms with Crippen molar-refractivity contribution in [2.24, 2.45) is 0 Å². The van der Waals surface area contributed by atoms with Gasteiger partial charge in [-0.3, -0.25) is 4.79 Å². The van der Waals surface area contributed by atoms with Crippen LogP contribution < -0.4 is 10.1 Å². The second-order valence-corrected chi connectivity index (χ2v) is 9.49. The molecule has 7 nitrogen and oxygen atoms in total. The molecule has 8 heteroatoms. The number of hydrogen-bond donors (Lipinski definition) is 1. The standard InChI is InChI=1S/C22H28N2O5S/c1-16-6-9-20(10-7-16)30(26,27)24(2)15-18-13-17(8-11-21(18)28-3)22(25)23-14-19-5-4-12-29-19/h6-11,13,19H,4-5,12,14-15H2,1-3H3,(H,23,25). The van der Waals surface area contributed by atoms with Crippen LogP contribution in [0, 0.1) is 6.92 Å². The van der Waals surface area contributed by atoms with Gasteiger partial charge in [0.25, 0.3) is 5.91 Å². The summed E-state index contributed by atoms with van der Waals surface area (Å²) in [5.41, 5.74) is 2.05. The van der Waals surface area contributed by atoms with Crippen molar-refractivity contribution in [3.05, 3.63) is 59.2 Å². The molecule has 1 aliphatic heterocycles. The lowest BCUT2D eigenvalue weighted by atomic mass is 10.1. The molecule has 2 aromatic rings. The summed E-state index contributed by atoms with van der Waals surface area (Å²) in [6.07, 6.45) is 2.00. The summed E-state index contributed by atoms with van der Waals surface area (Å²) in [6.45, 7) is 3.17. The summed E-state index contributed by atoms with van der Waals surface area (Å²) in [4.78, 5) is 12.8. The number of carbonyl (C=O) groups excluding carboxylic acids is 1. The van der Waals surface area contributed by atoms with E-state index < -0.39 is 10.0 Å². The monoisotopic (exact) mass is 432 g/mol. The second-order valence-electron chi connectivity index (χ2n) is 7.45. The van der Waals surface area contributed by atoms with E-state index in [1.165, 1.54) is 18.5 Å². The van der Waals surface area contributed by atoms with E-state index in [2.05, 4.69) is 5.32 Å².